The molecule has 6 heteroatoms. The number of benzene rings is 1. The summed E-state index contributed by atoms with van der Waals surface area (Å²) in [5.41, 5.74) is 0.481. The van der Waals surface area contributed by atoms with Crippen LogP contribution in [0.5, 0.6) is 0 Å². The van der Waals surface area contributed by atoms with Gasteiger partial charge in [-0.25, -0.2) is 8.78 Å². The predicted molar refractivity (Wildman–Crippen MR) is 70.3 cm³/mol. The van der Waals surface area contributed by atoms with Crippen LogP contribution in [0.2, 0.25) is 0 Å². The van der Waals surface area contributed by atoms with Crippen LogP contribution in [0.25, 0.3) is 0 Å². The molecule has 20 heavy (non-hydrogen) atoms. The van der Waals surface area contributed by atoms with Crippen LogP contribution in [0.3, 0.4) is 0 Å². The SMILES string of the molecule is CCNC(C)Cc1nc(Cc2cc(F)cc(F)c2)no1. The fourth-order valence-corrected chi connectivity index (χ4v) is 2.02. The average Bonchev–Trinajstić information content (AvgIpc) is 2.75. The standard InChI is InChI=1S/C14H17F2N3O/c1-3-17-9(2)4-14-18-13(19-20-14)7-10-5-11(15)8-12(16)6-10/h5-6,8-9,17H,3-4,7H2,1-2H3. The number of hydrogen-bond acceptors (Lipinski definition) is 4. The van der Waals surface area contributed by atoms with Gasteiger partial charge in [-0.1, -0.05) is 12.1 Å². The lowest BCUT2D eigenvalue weighted by molar-refractivity contribution is 0.359. The summed E-state index contributed by atoms with van der Waals surface area (Å²) in [4.78, 5) is 4.22. The zero-order valence-corrected chi connectivity index (χ0v) is 11.5. The molecule has 0 saturated carbocycles. The molecule has 0 spiro atoms. The van der Waals surface area contributed by atoms with Crippen molar-refractivity contribution in [2.24, 2.45) is 0 Å². The molecule has 0 aliphatic carbocycles. The zero-order chi connectivity index (χ0) is 14.5. The molecule has 0 saturated heterocycles. The van der Waals surface area contributed by atoms with E-state index in [1.165, 1.54) is 12.1 Å². The lowest BCUT2D eigenvalue weighted by Gasteiger charge is -2.07. The summed E-state index contributed by atoms with van der Waals surface area (Å²) in [7, 11) is 0. The van der Waals surface area contributed by atoms with Crippen LogP contribution in [0.1, 0.15) is 31.1 Å². The lowest BCUT2D eigenvalue weighted by Crippen LogP contribution is -2.27. The van der Waals surface area contributed by atoms with Crippen molar-refractivity contribution in [1.29, 1.82) is 0 Å². The maximum Gasteiger partial charge on any atom is 0.228 e. The van der Waals surface area contributed by atoms with Crippen molar-refractivity contribution >= 4 is 0 Å². The maximum atomic E-state index is 13.1. The summed E-state index contributed by atoms with van der Waals surface area (Å²) in [6.45, 7) is 4.91. The quantitative estimate of drug-likeness (QED) is 0.883. The van der Waals surface area contributed by atoms with Gasteiger partial charge in [-0.2, -0.15) is 4.98 Å². The van der Waals surface area contributed by atoms with Crippen LogP contribution in [-0.2, 0) is 12.8 Å². The Morgan fingerprint density at radius 1 is 1.25 bits per heavy atom. The largest absolute Gasteiger partial charge is 0.339 e. The highest BCUT2D eigenvalue weighted by atomic mass is 19.1. The first-order valence-electron chi connectivity index (χ1n) is 6.56. The van der Waals surface area contributed by atoms with Crippen molar-refractivity contribution in [1.82, 2.24) is 15.5 Å². The number of hydrogen-bond donors (Lipinski definition) is 1. The van der Waals surface area contributed by atoms with Crippen molar-refractivity contribution in [3.63, 3.8) is 0 Å². The Labute approximate surface area is 116 Å². The molecule has 2 aromatic rings. The molecule has 0 aliphatic heterocycles. The zero-order valence-electron chi connectivity index (χ0n) is 11.5. The summed E-state index contributed by atoms with van der Waals surface area (Å²) >= 11 is 0. The molecule has 1 aromatic carbocycles. The highest BCUT2D eigenvalue weighted by Gasteiger charge is 2.11. The van der Waals surface area contributed by atoms with E-state index in [-0.39, 0.29) is 12.5 Å². The number of nitrogens with one attached hydrogen (secondary N) is 1. The van der Waals surface area contributed by atoms with Gasteiger partial charge in [0.05, 0.1) is 0 Å². The molecule has 2 rings (SSSR count). The van der Waals surface area contributed by atoms with Gasteiger partial charge in [0, 0.05) is 24.9 Å². The average molecular weight is 281 g/mol. The third-order valence-electron chi connectivity index (χ3n) is 2.83. The molecular weight excluding hydrogens is 264 g/mol. The number of nitrogens with zero attached hydrogens (tertiary/aromatic N) is 2. The predicted octanol–water partition coefficient (Wildman–Crippen LogP) is 2.48. The van der Waals surface area contributed by atoms with E-state index < -0.39 is 11.6 Å². The number of rotatable bonds is 6. The molecule has 4 nitrogen and oxygen atoms in total. The molecule has 1 atom stereocenters. The highest BCUT2D eigenvalue weighted by molar-refractivity contribution is 5.21. The van der Waals surface area contributed by atoms with Gasteiger partial charge in [0.1, 0.15) is 11.6 Å². The van der Waals surface area contributed by atoms with Crippen molar-refractivity contribution in [3.8, 4) is 0 Å². The van der Waals surface area contributed by atoms with Crippen LogP contribution in [-0.4, -0.2) is 22.7 Å². The van der Waals surface area contributed by atoms with E-state index in [1.54, 1.807) is 0 Å². The van der Waals surface area contributed by atoms with Gasteiger partial charge in [-0.05, 0) is 31.2 Å². The molecule has 0 fully saturated rings. The van der Waals surface area contributed by atoms with E-state index in [4.69, 9.17) is 4.52 Å². The third-order valence-corrected chi connectivity index (χ3v) is 2.83. The van der Waals surface area contributed by atoms with Crippen LogP contribution in [0.4, 0.5) is 8.78 Å². The fourth-order valence-electron chi connectivity index (χ4n) is 2.02. The van der Waals surface area contributed by atoms with Gasteiger partial charge in [0.25, 0.3) is 0 Å². The molecule has 1 aromatic heterocycles. The monoisotopic (exact) mass is 281 g/mol. The van der Waals surface area contributed by atoms with Crippen LogP contribution in [0.15, 0.2) is 22.7 Å². The highest BCUT2D eigenvalue weighted by Crippen LogP contribution is 2.12. The first kappa shape index (κ1) is 14.6. The molecule has 1 N–H and O–H groups in total. The summed E-state index contributed by atoms with van der Waals surface area (Å²) < 4.78 is 31.3. The van der Waals surface area contributed by atoms with Gasteiger partial charge in [-0.15, -0.1) is 0 Å². The Morgan fingerprint density at radius 2 is 1.95 bits per heavy atom. The molecule has 0 radical (unpaired) electrons. The molecule has 108 valence electrons. The molecule has 0 aliphatic rings. The minimum absolute atomic E-state index is 0.236. The molecule has 1 heterocycles. The van der Waals surface area contributed by atoms with Gasteiger partial charge >= 0.3 is 0 Å². The molecule has 1 unspecified atom stereocenters. The van der Waals surface area contributed by atoms with Gasteiger partial charge < -0.3 is 9.84 Å². The van der Waals surface area contributed by atoms with E-state index in [2.05, 4.69) is 15.5 Å². The van der Waals surface area contributed by atoms with Crippen molar-refractivity contribution < 1.29 is 13.3 Å². The van der Waals surface area contributed by atoms with Crippen molar-refractivity contribution in [2.45, 2.75) is 32.7 Å². The summed E-state index contributed by atoms with van der Waals surface area (Å²) in [6, 6.07) is 3.60. The Morgan fingerprint density at radius 3 is 2.60 bits per heavy atom. The Hall–Kier alpha value is -1.82. The first-order valence-corrected chi connectivity index (χ1v) is 6.56. The topological polar surface area (TPSA) is 51.0 Å². The lowest BCUT2D eigenvalue weighted by atomic mass is 10.1. The van der Waals surface area contributed by atoms with Gasteiger partial charge in [0.2, 0.25) is 5.89 Å². The van der Waals surface area contributed by atoms with E-state index in [0.29, 0.717) is 23.7 Å². The summed E-state index contributed by atoms with van der Waals surface area (Å²) in [6.07, 6.45) is 0.867. The smallest absolute Gasteiger partial charge is 0.228 e. The van der Waals surface area contributed by atoms with E-state index in [1.807, 2.05) is 13.8 Å². The van der Waals surface area contributed by atoms with Crippen molar-refractivity contribution in [3.05, 3.63) is 47.1 Å². The maximum absolute atomic E-state index is 13.1. The van der Waals surface area contributed by atoms with E-state index in [0.717, 1.165) is 12.6 Å². The third kappa shape index (κ3) is 4.09. The molecule has 0 amide bonds. The Bertz CT molecular complexity index is 551. The minimum Gasteiger partial charge on any atom is -0.339 e. The van der Waals surface area contributed by atoms with E-state index >= 15 is 0 Å². The number of halogens is 2. The fraction of sp³-hybridized carbons (Fsp3) is 0.429. The number of aromatic nitrogens is 2. The van der Waals surface area contributed by atoms with Gasteiger partial charge in [0.15, 0.2) is 5.82 Å². The Kier molecular flexibility index (Phi) is 4.79. The summed E-state index contributed by atoms with van der Waals surface area (Å²) in [5, 5.41) is 7.07. The summed E-state index contributed by atoms with van der Waals surface area (Å²) in [5.74, 6) is -0.270. The molecular formula is C14H17F2N3O. The Balaban J connectivity index is 2.02. The van der Waals surface area contributed by atoms with Crippen molar-refractivity contribution in [2.75, 3.05) is 6.54 Å². The van der Waals surface area contributed by atoms with Crippen LogP contribution in [0, 0.1) is 11.6 Å². The second-order valence-electron chi connectivity index (χ2n) is 4.72. The minimum atomic E-state index is -0.607. The van der Waals surface area contributed by atoms with Gasteiger partial charge in [-0.3, -0.25) is 0 Å². The number of likely N-dealkylation sites (N-methyl/N-ethyl adjacent to an activating group) is 1. The normalized spacial score (nSPS) is 12.6. The second kappa shape index (κ2) is 6.56. The molecule has 0 bridgehead atoms. The second-order valence-corrected chi connectivity index (χ2v) is 4.72. The first-order chi connectivity index (χ1) is 9.56. The van der Waals surface area contributed by atoms with Crippen LogP contribution >= 0.6 is 0 Å². The van der Waals surface area contributed by atoms with E-state index in [9.17, 15) is 8.78 Å². The van der Waals surface area contributed by atoms with Crippen LogP contribution < -0.4 is 5.32 Å².